The lowest BCUT2D eigenvalue weighted by molar-refractivity contribution is -0.111. The van der Waals surface area contributed by atoms with Crippen LogP contribution in [0.1, 0.15) is 5.56 Å². The fourth-order valence-electron chi connectivity index (χ4n) is 1.51. The van der Waals surface area contributed by atoms with Crippen molar-refractivity contribution in [1.82, 2.24) is 0 Å². The average molecular weight is 371 g/mol. The highest BCUT2D eigenvalue weighted by Gasteiger charge is 2.03. The molecular formula is C15H10BrCl2NO. The first-order valence-corrected chi connectivity index (χ1v) is 7.29. The van der Waals surface area contributed by atoms with Gasteiger partial charge in [0.25, 0.3) is 0 Å². The minimum Gasteiger partial charge on any atom is -0.321 e. The summed E-state index contributed by atoms with van der Waals surface area (Å²) in [5.74, 6) is -0.246. The monoisotopic (exact) mass is 369 g/mol. The summed E-state index contributed by atoms with van der Waals surface area (Å²) >= 11 is 15.1. The molecule has 0 aliphatic heterocycles. The Bertz CT molecular complexity index is 653. The van der Waals surface area contributed by atoms with Crippen LogP contribution in [0.15, 0.2) is 53.0 Å². The largest absolute Gasteiger partial charge is 0.321 e. The first-order valence-electron chi connectivity index (χ1n) is 5.74. The van der Waals surface area contributed by atoms with Gasteiger partial charge in [-0.1, -0.05) is 51.3 Å². The molecule has 0 unspecified atom stereocenters. The van der Waals surface area contributed by atoms with Crippen molar-refractivity contribution < 1.29 is 4.79 Å². The molecule has 2 nitrogen and oxygen atoms in total. The van der Waals surface area contributed by atoms with Crippen LogP contribution in [0.4, 0.5) is 5.69 Å². The van der Waals surface area contributed by atoms with Gasteiger partial charge < -0.3 is 5.32 Å². The SMILES string of the molecule is O=C(/C=C/c1ccc(Cl)cc1)Nc1ccc(Br)cc1Cl. The van der Waals surface area contributed by atoms with Crippen LogP contribution in [0.25, 0.3) is 6.08 Å². The van der Waals surface area contributed by atoms with Gasteiger partial charge in [-0.25, -0.2) is 0 Å². The van der Waals surface area contributed by atoms with Crippen LogP contribution < -0.4 is 5.32 Å². The number of anilines is 1. The second kappa shape index (κ2) is 6.93. The van der Waals surface area contributed by atoms with E-state index in [0.717, 1.165) is 10.0 Å². The predicted octanol–water partition coefficient (Wildman–Crippen LogP) is 5.41. The molecule has 0 saturated heterocycles. The highest BCUT2D eigenvalue weighted by Crippen LogP contribution is 2.25. The quantitative estimate of drug-likeness (QED) is 0.719. The molecule has 0 aliphatic rings. The highest BCUT2D eigenvalue weighted by atomic mass is 79.9. The first kappa shape index (κ1) is 15.1. The molecule has 0 aromatic heterocycles. The van der Waals surface area contributed by atoms with E-state index in [2.05, 4.69) is 21.2 Å². The maximum atomic E-state index is 11.8. The van der Waals surface area contributed by atoms with Crippen LogP contribution in [0.5, 0.6) is 0 Å². The Labute approximate surface area is 135 Å². The maximum absolute atomic E-state index is 11.8. The minimum absolute atomic E-state index is 0.246. The molecule has 0 spiro atoms. The Hall–Kier alpha value is -1.29. The summed E-state index contributed by atoms with van der Waals surface area (Å²) in [4.78, 5) is 11.8. The third kappa shape index (κ3) is 4.37. The molecule has 2 rings (SSSR count). The topological polar surface area (TPSA) is 29.1 Å². The van der Waals surface area contributed by atoms with E-state index in [-0.39, 0.29) is 5.91 Å². The Morgan fingerprint density at radius 1 is 1.10 bits per heavy atom. The van der Waals surface area contributed by atoms with E-state index in [9.17, 15) is 4.79 Å². The molecule has 1 N–H and O–H groups in total. The predicted molar refractivity (Wildman–Crippen MR) is 88.3 cm³/mol. The van der Waals surface area contributed by atoms with Crippen molar-refractivity contribution in [2.75, 3.05) is 5.32 Å². The van der Waals surface area contributed by atoms with E-state index in [4.69, 9.17) is 23.2 Å². The number of hydrogen-bond acceptors (Lipinski definition) is 1. The highest BCUT2D eigenvalue weighted by molar-refractivity contribution is 9.10. The van der Waals surface area contributed by atoms with Crippen molar-refractivity contribution in [1.29, 1.82) is 0 Å². The summed E-state index contributed by atoms with van der Waals surface area (Å²) in [6, 6.07) is 12.5. The van der Waals surface area contributed by atoms with Crippen molar-refractivity contribution in [2.24, 2.45) is 0 Å². The second-order valence-corrected chi connectivity index (χ2v) is 5.76. The van der Waals surface area contributed by atoms with Crippen LogP contribution in [-0.2, 0) is 4.79 Å². The Balaban J connectivity index is 2.03. The number of carbonyl (C=O) groups is 1. The molecule has 0 atom stereocenters. The van der Waals surface area contributed by atoms with Gasteiger partial charge in [0.15, 0.2) is 0 Å². The van der Waals surface area contributed by atoms with E-state index in [1.165, 1.54) is 6.08 Å². The van der Waals surface area contributed by atoms with Gasteiger partial charge >= 0.3 is 0 Å². The number of nitrogens with one attached hydrogen (secondary N) is 1. The van der Waals surface area contributed by atoms with Crippen molar-refractivity contribution >= 4 is 56.8 Å². The fourth-order valence-corrected chi connectivity index (χ4v) is 2.36. The summed E-state index contributed by atoms with van der Waals surface area (Å²) in [6.07, 6.45) is 3.15. The molecule has 0 bridgehead atoms. The number of amides is 1. The Morgan fingerprint density at radius 3 is 2.45 bits per heavy atom. The van der Waals surface area contributed by atoms with Crippen molar-refractivity contribution in [3.63, 3.8) is 0 Å². The molecule has 0 heterocycles. The van der Waals surface area contributed by atoms with E-state index in [1.807, 2.05) is 18.2 Å². The van der Waals surface area contributed by atoms with Gasteiger partial charge in [-0.3, -0.25) is 4.79 Å². The van der Waals surface area contributed by atoms with Gasteiger partial charge in [-0.15, -0.1) is 0 Å². The zero-order valence-corrected chi connectivity index (χ0v) is 13.3. The minimum atomic E-state index is -0.246. The molecule has 20 heavy (non-hydrogen) atoms. The molecule has 0 fully saturated rings. The number of benzene rings is 2. The molecule has 0 aliphatic carbocycles. The number of halogens is 3. The van der Waals surface area contributed by atoms with Crippen LogP contribution >= 0.6 is 39.1 Å². The van der Waals surface area contributed by atoms with Gasteiger partial charge in [-0.05, 0) is 42.0 Å². The van der Waals surface area contributed by atoms with Crippen LogP contribution in [-0.4, -0.2) is 5.91 Å². The summed E-state index contributed by atoms with van der Waals surface area (Å²) in [5.41, 5.74) is 1.46. The number of rotatable bonds is 3. The normalized spacial score (nSPS) is 10.8. The average Bonchev–Trinajstić information content (AvgIpc) is 2.41. The molecule has 1 amide bonds. The molecule has 0 saturated carbocycles. The standard InChI is InChI=1S/C15H10BrCl2NO/c16-11-4-7-14(13(18)9-11)19-15(20)8-3-10-1-5-12(17)6-2-10/h1-9H,(H,19,20)/b8-3+. The van der Waals surface area contributed by atoms with Crippen molar-refractivity contribution in [3.05, 3.63) is 68.6 Å². The lowest BCUT2D eigenvalue weighted by atomic mass is 10.2. The summed E-state index contributed by atoms with van der Waals surface area (Å²) in [5, 5.41) is 3.85. The lowest BCUT2D eigenvalue weighted by Crippen LogP contribution is -2.08. The Morgan fingerprint density at radius 2 is 1.80 bits per heavy atom. The molecule has 0 radical (unpaired) electrons. The molecule has 2 aromatic carbocycles. The van der Waals surface area contributed by atoms with Gasteiger partial charge in [0.1, 0.15) is 0 Å². The van der Waals surface area contributed by atoms with Gasteiger partial charge in [-0.2, -0.15) is 0 Å². The van der Waals surface area contributed by atoms with Crippen LogP contribution in [0, 0.1) is 0 Å². The van der Waals surface area contributed by atoms with Crippen molar-refractivity contribution in [3.8, 4) is 0 Å². The van der Waals surface area contributed by atoms with Crippen LogP contribution in [0.3, 0.4) is 0 Å². The van der Waals surface area contributed by atoms with Gasteiger partial charge in [0.05, 0.1) is 10.7 Å². The second-order valence-electron chi connectivity index (χ2n) is 4.00. The summed E-state index contributed by atoms with van der Waals surface area (Å²) in [7, 11) is 0. The number of carbonyl (C=O) groups excluding carboxylic acids is 1. The molecule has 2 aromatic rings. The lowest BCUT2D eigenvalue weighted by Gasteiger charge is -2.05. The third-order valence-corrected chi connectivity index (χ3v) is 3.54. The Kier molecular flexibility index (Phi) is 5.24. The van der Waals surface area contributed by atoms with Gasteiger partial charge in [0, 0.05) is 15.6 Å². The zero-order chi connectivity index (χ0) is 14.5. The zero-order valence-electron chi connectivity index (χ0n) is 10.2. The first-order chi connectivity index (χ1) is 9.54. The van der Waals surface area contributed by atoms with Crippen LogP contribution in [0.2, 0.25) is 10.0 Å². The summed E-state index contributed by atoms with van der Waals surface area (Å²) in [6.45, 7) is 0. The maximum Gasteiger partial charge on any atom is 0.248 e. The smallest absolute Gasteiger partial charge is 0.248 e. The van der Waals surface area contributed by atoms with E-state index in [0.29, 0.717) is 15.7 Å². The molecule has 102 valence electrons. The molecule has 5 heteroatoms. The third-order valence-electron chi connectivity index (χ3n) is 2.49. The van der Waals surface area contributed by atoms with E-state index in [1.54, 1.807) is 30.3 Å². The van der Waals surface area contributed by atoms with E-state index < -0.39 is 0 Å². The van der Waals surface area contributed by atoms with E-state index >= 15 is 0 Å². The number of hydrogen-bond donors (Lipinski definition) is 1. The van der Waals surface area contributed by atoms with Crippen molar-refractivity contribution in [2.45, 2.75) is 0 Å². The molecular weight excluding hydrogens is 361 g/mol. The van der Waals surface area contributed by atoms with Gasteiger partial charge in [0.2, 0.25) is 5.91 Å². The summed E-state index contributed by atoms with van der Waals surface area (Å²) < 4.78 is 0.859. The fraction of sp³-hybridized carbons (Fsp3) is 0.